The average molecular weight is 340 g/mol. The first-order chi connectivity index (χ1) is 12.2. The summed E-state index contributed by atoms with van der Waals surface area (Å²) in [7, 11) is 1.63. The Morgan fingerprint density at radius 1 is 1.12 bits per heavy atom. The number of carbonyl (C=O) groups is 1. The highest BCUT2D eigenvalue weighted by Crippen LogP contribution is 2.23. The summed E-state index contributed by atoms with van der Waals surface area (Å²) in [4.78, 5) is 16.4. The van der Waals surface area contributed by atoms with Crippen molar-refractivity contribution in [1.29, 1.82) is 0 Å². The molecule has 2 aromatic rings. The van der Waals surface area contributed by atoms with E-state index in [1.165, 1.54) is 0 Å². The summed E-state index contributed by atoms with van der Waals surface area (Å²) < 4.78 is 11.0. The number of methoxy groups -OCH3 is 1. The quantitative estimate of drug-likeness (QED) is 0.878. The zero-order valence-electron chi connectivity index (χ0n) is 14.5. The number of amides is 1. The summed E-state index contributed by atoms with van der Waals surface area (Å²) in [5.41, 5.74) is 0.991. The fourth-order valence-corrected chi connectivity index (χ4v) is 3.12. The zero-order valence-corrected chi connectivity index (χ0v) is 14.5. The smallest absolute Gasteiger partial charge is 0.224 e. The maximum Gasteiger partial charge on any atom is 0.224 e. The molecular formula is C20H24N2O3. The first-order valence-corrected chi connectivity index (χ1v) is 8.73. The van der Waals surface area contributed by atoms with E-state index in [1.54, 1.807) is 13.3 Å². The van der Waals surface area contributed by atoms with Gasteiger partial charge in [-0.15, -0.1) is 0 Å². The number of aromatic nitrogens is 1. The van der Waals surface area contributed by atoms with E-state index < -0.39 is 0 Å². The lowest BCUT2D eigenvalue weighted by atomic mass is 9.92. The van der Waals surface area contributed by atoms with Gasteiger partial charge in [-0.3, -0.25) is 4.79 Å². The first kappa shape index (κ1) is 17.3. The van der Waals surface area contributed by atoms with E-state index in [1.807, 2.05) is 42.5 Å². The summed E-state index contributed by atoms with van der Waals surface area (Å²) in [6.45, 7) is 0. The lowest BCUT2D eigenvalue weighted by Crippen LogP contribution is -2.40. The van der Waals surface area contributed by atoms with Gasteiger partial charge in [0.2, 0.25) is 11.8 Å². The van der Waals surface area contributed by atoms with Crippen LogP contribution in [-0.4, -0.2) is 30.1 Å². The fourth-order valence-electron chi connectivity index (χ4n) is 3.12. The standard InChI is InChI=1S/C20H24N2O3/c1-24-17-9-5-15(6-10-17)14-19(23)22-16-7-11-18(12-8-16)25-20-4-2-3-13-21-20/h2-6,9-10,13,16,18H,7-8,11-12,14H2,1H3,(H,22,23). The van der Waals surface area contributed by atoms with Crippen LogP contribution in [0.15, 0.2) is 48.7 Å². The zero-order chi connectivity index (χ0) is 17.5. The minimum Gasteiger partial charge on any atom is -0.497 e. The summed E-state index contributed by atoms with van der Waals surface area (Å²) in [5.74, 6) is 1.55. The molecule has 3 rings (SSSR count). The largest absolute Gasteiger partial charge is 0.497 e. The lowest BCUT2D eigenvalue weighted by molar-refractivity contribution is -0.121. The van der Waals surface area contributed by atoms with Crippen molar-refractivity contribution in [2.45, 2.75) is 44.2 Å². The molecule has 1 saturated carbocycles. The lowest BCUT2D eigenvalue weighted by Gasteiger charge is -2.29. The number of benzene rings is 1. The normalized spacial score (nSPS) is 19.9. The van der Waals surface area contributed by atoms with Crippen LogP contribution in [0.1, 0.15) is 31.2 Å². The monoisotopic (exact) mass is 340 g/mol. The predicted molar refractivity (Wildman–Crippen MR) is 95.7 cm³/mol. The van der Waals surface area contributed by atoms with E-state index in [4.69, 9.17) is 9.47 Å². The van der Waals surface area contributed by atoms with Crippen LogP contribution in [0.2, 0.25) is 0 Å². The molecule has 0 atom stereocenters. The van der Waals surface area contributed by atoms with Crippen molar-refractivity contribution in [3.63, 3.8) is 0 Å². The van der Waals surface area contributed by atoms with Crippen molar-refractivity contribution in [3.8, 4) is 11.6 Å². The Bertz CT molecular complexity index is 665. The van der Waals surface area contributed by atoms with Crippen LogP contribution in [0, 0.1) is 0 Å². The Balaban J connectivity index is 1.41. The molecular weight excluding hydrogens is 316 g/mol. The number of nitrogens with zero attached hydrogens (tertiary/aromatic N) is 1. The minimum absolute atomic E-state index is 0.0688. The topological polar surface area (TPSA) is 60.5 Å². The molecule has 0 bridgehead atoms. The maximum atomic E-state index is 12.2. The van der Waals surface area contributed by atoms with Gasteiger partial charge in [-0.05, 0) is 49.4 Å². The van der Waals surface area contributed by atoms with Gasteiger partial charge >= 0.3 is 0 Å². The van der Waals surface area contributed by atoms with Gasteiger partial charge in [0.15, 0.2) is 0 Å². The van der Waals surface area contributed by atoms with Gasteiger partial charge in [0, 0.05) is 18.3 Å². The molecule has 1 aromatic carbocycles. The predicted octanol–water partition coefficient (Wildman–Crippen LogP) is 3.14. The van der Waals surface area contributed by atoms with Crippen LogP contribution in [0.3, 0.4) is 0 Å². The molecule has 0 saturated heterocycles. The van der Waals surface area contributed by atoms with E-state index in [0.29, 0.717) is 12.3 Å². The van der Waals surface area contributed by atoms with Crippen LogP contribution in [0.5, 0.6) is 11.6 Å². The SMILES string of the molecule is COc1ccc(CC(=O)NC2CCC(Oc3ccccn3)CC2)cc1. The third-order valence-corrected chi connectivity index (χ3v) is 4.49. The molecule has 0 unspecified atom stereocenters. The summed E-state index contributed by atoms with van der Waals surface area (Å²) in [6, 6.07) is 13.5. The van der Waals surface area contributed by atoms with Gasteiger partial charge in [-0.1, -0.05) is 18.2 Å². The molecule has 0 aliphatic heterocycles. The maximum absolute atomic E-state index is 12.2. The molecule has 1 aliphatic carbocycles. The van der Waals surface area contributed by atoms with E-state index in [-0.39, 0.29) is 18.1 Å². The molecule has 5 heteroatoms. The number of nitrogens with one attached hydrogen (secondary N) is 1. The second kappa shape index (κ2) is 8.51. The Kier molecular flexibility index (Phi) is 5.88. The van der Waals surface area contributed by atoms with Crippen LogP contribution in [-0.2, 0) is 11.2 Å². The second-order valence-corrected chi connectivity index (χ2v) is 6.35. The van der Waals surface area contributed by atoms with Crippen molar-refractivity contribution in [1.82, 2.24) is 10.3 Å². The van der Waals surface area contributed by atoms with Crippen LogP contribution < -0.4 is 14.8 Å². The number of hydrogen-bond acceptors (Lipinski definition) is 4. The molecule has 1 amide bonds. The van der Waals surface area contributed by atoms with Gasteiger partial charge in [-0.25, -0.2) is 4.98 Å². The third-order valence-electron chi connectivity index (χ3n) is 4.49. The average Bonchev–Trinajstić information content (AvgIpc) is 2.65. The molecule has 5 nitrogen and oxygen atoms in total. The number of hydrogen-bond donors (Lipinski definition) is 1. The van der Waals surface area contributed by atoms with Crippen LogP contribution in [0.25, 0.3) is 0 Å². The third kappa shape index (κ3) is 5.21. The fraction of sp³-hybridized carbons (Fsp3) is 0.400. The highest BCUT2D eigenvalue weighted by molar-refractivity contribution is 5.78. The van der Waals surface area contributed by atoms with Crippen LogP contribution in [0.4, 0.5) is 0 Å². The van der Waals surface area contributed by atoms with E-state index in [0.717, 1.165) is 37.0 Å². The molecule has 0 radical (unpaired) electrons. The number of pyridine rings is 1. The van der Waals surface area contributed by atoms with E-state index >= 15 is 0 Å². The van der Waals surface area contributed by atoms with E-state index in [9.17, 15) is 4.79 Å². The Labute approximate surface area is 148 Å². The second-order valence-electron chi connectivity index (χ2n) is 6.35. The van der Waals surface area contributed by atoms with Gasteiger partial charge in [0.25, 0.3) is 0 Å². The summed E-state index contributed by atoms with van der Waals surface area (Å²) >= 11 is 0. The molecule has 0 spiro atoms. The van der Waals surface area contributed by atoms with Crippen molar-refractivity contribution in [2.24, 2.45) is 0 Å². The summed E-state index contributed by atoms with van der Waals surface area (Å²) in [5, 5.41) is 3.14. The van der Waals surface area contributed by atoms with E-state index in [2.05, 4.69) is 10.3 Å². The number of carbonyl (C=O) groups excluding carboxylic acids is 1. The molecule has 25 heavy (non-hydrogen) atoms. The molecule has 1 fully saturated rings. The van der Waals surface area contributed by atoms with Crippen molar-refractivity contribution in [3.05, 3.63) is 54.2 Å². The minimum atomic E-state index is 0.0688. The van der Waals surface area contributed by atoms with Gasteiger partial charge < -0.3 is 14.8 Å². The molecule has 1 aliphatic rings. The van der Waals surface area contributed by atoms with Crippen molar-refractivity contribution >= 4 is 5.91 Å². The van der Waals surface area contributed by atoms with Crippen molar-refractivity contribution < 1.29 is 14.3 Å². The molecule has 1 heterocycles. The highest BCUT2D eigenvalue weighted by atomic mass is 16.5. The number of ether oxygens (including phenoxy) is 2. The highest BCUT2D eigenvalue weighted by Gasteiger charge is 2.23. The first-order valence-electron chi connectivity index (χ1n) is 8.73. The van der Waals surface area contributed by atoms with Gasteiger partial charge in [0.05, 0.1) is 13.5 Å². The molecule has 1 aromatic heterocycles. The molecule has 132 valence electrons. The Morgan fingerprint density at radius 3 is 2.52 bits per heavy atom. The van der Waals surface area contributed by atoms with Gasteiger partial charge in [0.1, 0.15) is 11.9 Å². The summed E-state index contributed by atoms with van der Waals surface area (Å²) in [6.07, 6.45) is 6.06. The Morgan fingerprint density at radius 2 is 1.88 bits per heavy atom. The number of rotatable bonds is 6. The molecule has 1 N–H and O–H groups in total. The van der Waals surface area contributed by atoms with Crippen molar-refractivity contribution in [2.75, 3.05) is 7.11 Å². The van der Waals surface area contributed by atoms with Crippen LogP contribution >= 0.6 is 0 Å². The Hall–Kier alpha value is -2.56. The van der Waals surface area contributed by atoms with Gasteiger partial charge in [-0.2, -0.15) is 0 Å².